The summed E-state index contributed by atoms with van der Waals surface area (Å²) >= 11 is 6.07. The number of nitriles is 1. The molecule has 0 fully saturated rings. The van der Waals surface area contributed by atoms with Crippen molar-refractivity contribution in [1.82, 2.24) is 4.98 Å². The van der Waals surface area contributed by atoms with Crippen molar-refractivity contribution in [3.63, 3.8) is 0 Å². The lowest BCUT2D eigenvalue weighted by Crippen LogP contribution is -1.85. The molecule has 1 aromatic heterocycles. The Balaban J connectivity index is 3.03. The molecular weight excluding hydrogens is 196 g/mol. The number of hydrogen-bond donors (Lipinski definition) is 0. The predicted molar refractivity (Wildman–Crippen MR) is 57.5 cm³/mol. The smallest absolute Gasteiger partial charge is 0.0962 e. The van der Waals surface area contributed by atoms with Gasteiger partial charge in [0.25, 0.3) is 0 Å². The molecule has 0 bridgehead atoms. The first-order valence-electron chi connectivity index (χ1n) is 4.48. The van der Waals surface area contributed by atoms with Crippen LogP contribution in [0.5, 0.6) is 0 Å². The Bertz CT molecular complexity index is 363. The molecular formula is C11H11ClN2. The standard InChI is InChI=1S/C11H11ClN2/c1-2-4-9(7-13)11(12)10-5-3-6-14-8-10/h3,5-6,8H,2,4H2,1H3/b11-9-. The van der Waals surface area contributed by atoms with Gasteiger partial charge in [-0.3, -0.25) is 4.98 Å². The van der Waals surface area contributed by atoms with Gasteiger partial charge in [0, 0.05) is 23.5 Å². The van der Waals surface area contributed by atoms with Gasteiger partial charge in [-0.15, -0.1) is 0 Å². The zero-order valence-electron chi connectivity index (χ0n) is 8.00. The fourth-order valence-electron chi connectivity index (χ4n) is 1.13. The molecule has 0 N–H and O–H groups in total. The van der Waals surface area contributed by atoms with Gasteiger partial charge in [0.1, 0.15) is 0 Å². The van der Waals surface area contributed by atoms with Crippen LogP contribution in [0.25, 0.3) is 5.03 Å². The van der Waals surface area contributed by atoms with E-state index < -0.39 is 0 Å². The van der Waals surface area contributed by atoms with Crippen LogP contribution in [0.4, 0.5) is 0 Å². The van der Waals surface area contributed by atoms with Gasteiger partial charge in [-0.1, -0.05) is 31.0 Å². The summed E-state index contributed by atoms with van der Waals surface area (Å²) in [6.45, 7) is 2.02. The minimum absolute atomic E-state index is 0.516. The van der Waals surface area contributed by atoms with E-state index in [1.54, 1.807) is 18.5 Å². The zero-order chi connectivity index (χ0) is 10.4. The minimum Gasteiger partial charge on any atom is -0.264 e. The lowest BCUT2D eigenvalue weighted by Gasteiger charge is -2.01. The van der Waals surface area contributed by atoms with Crippen molar-refractivity contribution in [2.24, 2.45) is 0 Å². The molecule has 1 heterocycles. The third-order valence-electron chi connectivity index (χ3n) is 1.81. The average molecular weight is 207 g/mol. The molecule has 1 rings (SSSR count). The number of hydrogen-bond acceptors (Lipinski definition) is 2. The largest absolute Gasteiger partial charge is 0.264 e. The molecule has 0 aliphatic rings. The molecule has 72 valence electrons. The summed E-state index contributed by atoms with van der Waals surface area (Å²) in [5.41, 5.74) is 1.43. The fourth-order valence-corrected chi connectivity index (χ4v) is 1.38. The van der Waals surface area contributed by atoms with E-state index in [2.05, 4.69) is 11.1 Å². The van der Waals surface area contributed by atoms with Crippen molar-refractivity contribution in [3.8, 4) is 6.07 Å². The van der Waals surface area contributed by atoms with E-state index in [1.807, 2.05) is 13.0 Å². The molecule has 0 saturated heterocycles. The summed E-state index contributed by atoms with van der Waals surface area (Å²) in [5.74, 6) is 0. The molecule has 14 heavy (non-hydrogen) atoms. The first-order valence-corrected chi connectivity index (χ1v) is 4.86. The molecule has 0 radical (unpaired) electrons. The van der Waals surface area contributed by atoms with Gasteiger partial charge < -0.3 is 0 Å². The summed E-state index contributed by atoms with van der Waals surface area (Å²) in [6.07, 6.45) is 4.97. The Morgan fingerprint density at radius 1 is 1.64 bits per heavy atom. The molecule has 2 nitrogen and oxygen atoms in total. The topological polar surface area (TPSA) is 36.7 Å². The SMILES string of the molecule is CCC/C(C#N)=C(/Cl)c1cccnc1. The van der Waals surface area contributed by atoms with Gasteiger partial charge in [0.05, 0.1) is 11.1 Å². The third-order valence-corrected chi connectivity index (χ3v) is 2.26. The summed E-state index contributed by atoms with van der Waals surface area (Å²) in [5, 5.41) is 9.39. The van der Waals surface area contributed by atoms with E-state index in [-0.39, 0.29) is 0 Å². The van der Waals surface area contributed by atoms with Crippen LogP contribution in [0, 0.1) is 11.3 Å². The predicted octanol–water partition coefficient (Wildman–Crippen LogP) is 3.36. The van der Waals surface area contributed by atoms with E-state index >= 15 is 0 Å². The quantitative estimate of drug-likeness (QED) is 0.712. The Morgan fingerprint density at radius 3 is 2.93 bits per heavy atom. The Labute approximate surface area is 88.8 Å². The van der Waals surface area contributed by atoms with Crippen LogP contribution in [0.1, 0.15) is 25.3 Å². The maximum Gasteiger partial charge on any atom is 0.0962 e. The van der Waals surface area contributed by atoms with Crippen LogP contribution in [0.15, 0.2) is 30.1 Å². The second-order valence-corrected chi connectivity index (χ2v) is 3.27. The van der Waals surface area contributed by atoms with E-state index in [9.17, 15) is 0 Å². The number of allylic oxidation sites excluding steroid dienone is 1. The summed E-state index contributed by atoms with van der Waals surface area (Å²) < 4.78 is 0. The van der Waals surface area contributed by atoms with Gasteiger partial charge in [-0.05, 0) is 12.5 Å². The first-order chi connectivity index (χ1) is 6.79. The number of pyridine rings is 1. The van der Waals surface area contributed by atoms with Crippen LogP contribution in [0.2, 0.25) is 0 Å². The molecule has 3 heteroatoms. The highest BCUT2D eigenvalue weighted by Gasteiger charge is 2.05. The van der Waals surface area contributed by atoms with Crippen molar-refractivity contribution in [2.45, 2.75) is 19.8 Å². The van der Waals surface area contributed by atoms with Gasteiger partial charge in [-0.2, -0.15) is 5.26 Å². The molecule has 0 unspecified atom stereocenters. The summed E-state index contributed by atoms with van der Waals surface area (Å²) in [7, 11) is 0. The summed E-state index contributed by atoms with van der Waals surface area (Å²) in [6, 6.07) is 5.77. The third kappa shape index (κ3) is 2.58. The molecule has 0 aromatic carbocycles. The van der Waals surface area contributed by atoms with Gasteiger partial charge in [-0.25, -0.2) is 0 Å². The second kappa shape index (κ2) is 5.41. The molecule has 0 aliphatic heterocycles. The van der Waals surface area contributed by atoms with E-state index in [0.717, 1.165) is 12.0 Å². The Morgan fingerprint density at radius 2 is 2.43 bits per heavy atom. The van der Waals surface area contributed by atoms with Crippen molar-refractivity contribution >= 4 is 16.6 Å². The lowest BCUT2D eigenvalue weighted by atomic mass is 10.1. The van der Waals surface area contributed by atoms with Crippen molar-refractivity contribution in [1.29, 1.82) is 5.26 Å². The Hall–Kier alpha value is -1.33. The van der Waals surface area contributed by atoms with Crippen LogP contribution < -0.4 is 0 Å². The fraction of sp³-hybridized carbons (Fsp3) is 0.273. The first kappa shape index (κ1) is 10.7. The number of halogens is 1. The van der Waals surface area contributed by atoms with Crippen molar-refractivity contribution in [2.75, 3.05) is 0 Å². The highest BCUT2D eigenvalue weighted by atomic mass is 35.5. The number of aromatic nitrogens is 1. The number of rotatable bonds is 3. The average Bonchev–Trinajstić information content (AvgIpc) is 2.26. The minimum atomic E-state index is 0.516. The van der Waals surface area contributed by atoms with Crippen molar-refractivity contribution < 1.29 is 0 Å². The van der Waals surface area contributed by atoms with Crippen LogP contribution in [0.3, 0.4) is 0 Å². The van der Waals surface area contributed by atoms with Crippen LogP contribution >= 0.6 is 11.6 Å². The highest BCUT2D eigenvalue weighted by molar-refractivity contribution is 6.49. The normalized spacial score (nSPS) is 11.8. The van der Waals surface area contributed by atoms with Crippen LogP contribution in [-0.4, -0.2) is 4.98 Å². The number of nitrogens with zero attached hydrogens (tertiary/aromatic N) is 2. The van der Waals surface area contributed by atoms with Gasteiger partial charge in [0.15, 0.2) is 0 Å². The zero-order valence-corrected chi connectivity index (χ0v) is 8.75. The maximum absolute atomic E-state index is 8.88. The molecule has 0 spiro atoms. The lowest BCUT2D eigenvalue weighted by molar-refractivity contribution is 0.933. The van der Waals surface area contributed by atoms with Crippen LogP contribution in [-0.2, 0) is 0 Å². The second-order valence-electron chi connectivity index (χ2n) is 2.90. The highest BCUT2D eigenvalue weighted by Crippen LogP contribution is 2.24. The van der Waals surface area contributed by atoms with E-state index in [4.69, 9.17) is 16.9 Å². The Kier molecular flexibility index (Phi) is 4.15. The maximum atomic E-state index is 8.88. The van der Waals surface area contributed by atoms with Gasteiger partial charge >= 0.3 is 0 Å². The van der Waals surface area contributed by atoms with Gasteiger partial charge in [0.2, 0.25) is 0 Å². The van der Waals surface area contributed by atoms with E-state index in [0.29, 0.717) is 17.0 Å². The van der Waals surface area contributed by atoms with E-state index in [1.165, 1.54) is 0 Å². The molecule has 0 saturated carbocycles. The summed E-state index contributed by atoms with van der Waals surface area (Å²) in [4.78, 5) is 3.95. The van der Waals surface area contributed by atoms with Crippen molar-refractivity contribution in [3.05, 3.63) is 35.7 Å². The molecule has 0 amide bonds. The molecule has 0 atom stereocenters. The monoisotopic (exact) mass is 206 g/mol. The molecule has 0 aliphatic carbocycles. The molecule has 1 aromatic rings.